The van der Waals surface area contributed by atoms with Gasteiger partial charge in [-0.1, -0.05) is 30.3 Å². The summed E-state index contributed by atoms with van der Waals surface area (Å²) in [6.07, 6.45) is 2.06. The fraction of sp³-hybridized carbons (Fsp3) is 0.143. The number of nitrogens with zero attached hydrogens (tertiary/aromatic N) is 2. The smallest absolute Gasteiger partial charge is 0.161 e. The van der Waals surface area contributed by atoms with Crippen LogP contribution in [0.4, 0.5) is 0 Å². The van der Waals surface area contributed by atoms with E-state index in [1.54, 1.807) is 23.1 Å². The van der Waals surface area contributed by atoms with Crippen molar-refractivity contribution in [2.75, 3.05) is 6.26 Å². The minimum Gasteiger partial charge on any atom is -0.227 e. The number of fused-ring (bicyclic) bond motifs is 1. The zero-order valence-corrected chi connectivity index (χ0v) is 11.8. The minimum absolute atomic E-state index is 0.810. The number of aryl methyl sites for hydroxylation is 1. The first-order chi connectivity index (χ1) is 8.78. The summed E-state index contributed by atoms with van der Waals surface area (Å²) in [6.45, 7) is 2.11. The Morgan fingerprint density at radius 2 is 1.89 bits per heavy atom. The first-order valence-corrected chi connectivity index (χ1v) is 7.69. The molecule has 0 aliphatic carbocycles. The molecule has 0 fully saturated rings. The van der Waals surface area contributed by atoms with Gasteiger partial charge in [0.15, 0.2) is 5.82 Å². The van der Waals surface area contributed by atoms with Gasteiger partial charge in [0.05, 0.1) is 10.2 Å². The van der Waals surface area contributed by atoms with Crippen molar-refractivity contribution in [3.8, 4) is 11.4 Å². The maximum atomic E-state index is 4.67. The van der Waals surface area contributed by atoms with Crippen LogP contribution < -0.4 is 0 Å². The van der Waals surface area contributed by atoms with Crippen LogP contribution in [0.1, 0.15) is 4.88 Å². The Hall–Kier alpha value is -1.39. The van der Waals surface area contributed by atoms with E-state index in [0.717, 1.165) is 21.9 Å². The normalized spacial score (nSPS) is 11.0. The maximum absolute atomic E-state index is 4.67. The molecule has 18 heavy (non-hydrogen) atoms. The molecule has 2 aromatic heterocycles. The van der Waals surface area contributed by atoms with Crippen LogP contribution in [0.5, 0.6) is 0 Å². The lowest BCUT2D eigenvalue weighted by molar-refractivity contribution is 1.12. The van der Waals surface area contributed by atoms with Crippen LogP contribution in [0.25, 0.3) is 21.6 Å². The second kappa shape index (κ2) is 4.71. The predicted molar refractivity (Wildman–Crippen MR) is 79.4 cm³/mol. The highest BCUT2D eigenvalue weighted by molar-refractivity contribution is 7.98. The Balaban J connectivity index is 2.25. The van der Waals surface area contributed by atoms with Gasteiger partial charge in [-0.3, -0.25) is 0 Å². The van der Waals surface area contributed by atoms with Crippen molar-refractivity contribution in [3.05, 3.63) is 41.3 Å². The van der Waals surface area contributed by atoms with E-state index in [1.165, 1.54) is 9.58 Å². The summed E-state index contributed by atoms with van der Waals surface area (Å²) in [5.41, 5.74) is 2.12. The van der Waals surface area contributed by atoms with Crippen molar-refractivity contribution in [3.63, 3.8) is 0 Å². The van der Waals surface area contributed by atoms with Crippen LogP contribution in [-0.2, 0) is 0 Å². The zero-order valence-electron chi connectivity index (χ0n) is 10.2. The average molecular weight is 272 g/mol. The van der Waals surface area contributed by atoms with Gasteiger partial charge in [-0.25, -0.2) is 9.97 Å². The summed E-state index contributed by atoms with van der Waals surface area (Å²) in [5.74, 6) is 0.810. The van der Waals surface area contributed by atoms with Gasteiger partial charge in [0.25, 0.3) is 0 Å². The van der Waals surface area contributed by atoms with Gasteiger partial charge >= 0.3 is 0 Å². The van der Waals surface area contributed by atoms with Crippen LogP contribution in [0.3, 0.4) is 0 Å². The van der Waals surface area contributed by atoms with Crippen LogP contribution in [0, 0.1) is 6.92 Å². The maximum Gasteiger partial charge on any atom is 0.161 e. The molecule has 0 bridgehead atoms. The fourth-order valence-corrected chi connectivity index (χ4v) is 3.56. The van der Waals surface area contributed by atoms with Crippen molar-refractivity contribution in [1.29, 1.82) is 0 Å². The van der Waals surface area contributed by atoms with Crippen molar-refractivity contribution in [2.24, 2.45) is 0 Å². The highest BCUT2D eigenvalue weighted by Crippen LogP contribution is 2.32. The molecule has 0 aliphatic rings. The number of thiophene rings is 1. The Kier molecular flexibility index (Phi) is 3.06. The molecule has 0 amide bonds. The molecule has 0 aliphatic heterocycles. The SMILES string of the molecule is CSc1nc(-c2ccccc2)nc2cc(C)sc12. The van der Waals surface area contributed by atoms with E-state index in [2.05, 4.69) is 29.2 Å². The van der Waals surface area contributed by atoms with Gasteiger partial charge in [-0.15, -0.1) is 23.1 Å². The third-order valence-electron chi connectivity index (χ3n) is 2.69. The molecule has 0 N–H and O–H groups in total. The molecule has 0 saturated heterocycles. The number of thioether (sulfide) groups is 1. The van der Waals surface area contributed by atoms with E-state index in [4.69, 9.17) is 0 Å². The van der Waals surface area contributed by atoms with E-state index < -0.39 is 0 Å². The molecule has 0 spiro atoms. The third-order valence-corrected chi connectivity index (χ3v) is 4.55. The van der Waals surface area contributed by atoms with Crippen molar-refractivity contribution in [1.82, 2.24) is 9.97 Å². The average Bonchev–Trinajstić information content (AvgIpc) is 2.78. The molecule has 2 heterocycles. The Bertz CT molecular complexity index is 690. The number of benzene rings is 1. The standard InChI is InChI=1S/C14H12N2S2/c1-9-8-11-12(18-9)14(17-2)16-13(15-11)10-6-4-3-5-7-10/h3-8H,1-2H3. The molecule has 1 aromatic carbocycles. The summed E-state index contributed by atoms with van der Waals surface area (Å²) in [4.78, 5) is 10.6. The minimum atomic E-state index is 0.810. The Labute approximate surface area is 114 Å². The van der Waals surface area contributed by atoms with E-state index in [1.807, 2.05) is 30.3 Å². The van der Waals surface area contributed by atoms with Crippen LogP contribution in [0.2, 0.25) is 0 Å². The molecule has 3 rings (SSSR count). The van der Waals surface area contributed by atoms with Gasteiger partial charge < -0.3 is 0 Å². The molecule has 3 aromatic rings. The quantitative estimate of drug-likeness (QED) is 0.511. The first-order valence-electron chi connectivity index (χ1n) is 5.65. The summed E-state index contributed by atoms with van der Waals surface area (Å²) in [7, 11) is 0. The topological polar surface area (TPSA) is 25.8 Å². The molecule has 0 radical (unpaired) electrons. The third kappa shape index (κ3) is 2.02. The molecular weight excluding hydrogens is 260 g/mol. The van der Waals surface area contributed by atoms with Gasteiger partial charge in [0, 0.05) is 10.4 Å². The first kappa shape index (κ1) is 11.7. The number of hydrogen-bond acceptors (Lipinski definition) is 4. The highest BCUT2D eigenvalue weighted by atomic mass is 32.2. The second-order valence-corrected chi connectivity index (χ2v) is 6.05. The lowest BCUT2D eigenvalue weighted by Gasteiger charge is -2.03. The molecule has 0 saturated carbocycles. The van der Waals surface area contributed by atoms with Crippen LogP contribution >= 0.6 is 23.1 Å². The lowest BCUT2D eigenvalue weighted by Crippen LogP contribution is -1.90. The molecular formula is C14H12N2S2. The zero-order chi connectivity index (χ0) is 12.5. The van der Waals surface area contributed by atoms with E-state index in [-0.39, 0.29) is 0 Å². The van der Waals surface area contributed by atoms with E-state index >= 15 is 0 Å². The molecule has 0 unspecified atom stereocenters. The molecule has 4 heteroatoms. The Morgan fingerprint density at radius 1 is 1.11 bits per heavy atom. The summed E-state index contributed by atoms with van der Waals surface area (Å²) in [6, 6.07) is 12.3. The lowest BCUT2D eigenvalue weighted by atomic mass is 10.2. The van der Waals surface area contributed by atoms with Gasteiger partial charge in [-0.05, 0) is 19.2 Å². The second-order valence-electron chi connectivity index (χ2n) is 3.99. The summed E-state index contributed by atoms with van der Waals surface area (Å²) >= 11 is 3.44. The van der Waals surface area contributed by atoms with Crippen LogP contribution in [0.15, 0.2) is 41.4 Å². The predicted octanol–water partition coefficient (Wildman–Crippen LogP) is 4.39. The van der Waals surface area contributed by atoms with Gasteiger partial charge in [0.1, 0.15) is 5.03 Å². The number of aromatic nitrogens is 2. The van der Waals surface area contributed by atoms with Crippen molar-refractivity contribution >= 4 is 33.3 Å². The summed E-state index contributed by atoms with van der Waals surface area (Å²) in [5, 5.41) is 1.07. The van der Waals surface area contributed by atoms with Crippen molar-refractivity contribution < 1.29 is 0 Å². The van der Waals surface area contributed by atoms with Crippen molar-refractivity contribution in [2.45, 2.75) is 11.9 Å². The van der Waals surface area contributed by atoms with E-state index in [9.17, 15) is 0 Å². The molecule has 0 atom stereocenters. The number of rotatable bonds is 2. The van der Waals surface area contributed by atoms with Crippen LogP contribution in [-0.4, -0.2) is 16.2 Å². The monoisotopic (exact) mass is 272 g/mol. The van der Waals surface area contributed by atoms with E-state index in [0.29, 0.717) is 0 Å². The Morgan fingerprint density at radius 3 is 2.61 bits per heavy atom. The van der Waals surface area contributed by atoms with Gasteiger partial charge in [0.2, 0.25) is 0 Å². The molecule has 90 valence electrons. The number of hydrogen-bond donors (Lipinski definition) is 0. The molecule has 2 nitrogen and oxygen atoms in total. The largest absolute Gasteiger partial charge is 0.227 e. The van der Waals surface area contributed by atoms with Gasteiger partial charge in [-0.2, -0.15) is 0 Å². The highest BCUT2D eigenvalue weighted by Gasteiger charge is 2.10. The fourth-order valence-electron chi connectivity index (χ4n) is 1.88. The summed E-state index contributed by atoms with van der Waals surface area (Å²) < 4.78 is 1.19.